The highest BCUT2D eigenvalue weighted by molar-refractivity contribution is 8.15. The van der Waals surface area contributed by atoms with Gasteiger partial charge in [-0.3, -0.25) is 19.3 Å². The number of ketones is 1. The van der Waals surface area contributed by atoms with Crippen LogP contribution in [0.3, 0.4) is 0 Å². The van der Waals surface area contributed by atoms with Crippen LogP contribution in [-0.4, -0.2) is 43.8 Å². The maximum atomic E-state index is 13.0. The Morgan fingerprint density at radius 3 is 2.70 bits per heavy atom. The molecule has 4 rings (SSSR count). The number of carbonyl (C=O) groups excluding carboxylic acids is 3. The fourth-order valence-corrected chi connectivity index (χ4v) is 4.65. The first-order chi connectivity index (χ1) is 14.5. The maximum Gasteiger partial charge on any atom is 0.243 e. The van der Waals surface area contributed by atoms with Crippen LogP contribution in [0.15, 0.2) is 57.3 Å². The van der Waals surface area contributed by atoms with Crippen molar-refractivity contribution in [2.75, 3.05) is 5.75 Å². The van der Waals surface area contributed by atoms with Crippen molar-refractivity contribution in [1.29, 1.82) is 0 Å². The van der Waals surface area contributed by atoms with E-state index in [2.05, 4.69) is 15.5 Å². The smallest absolute Gasteiger partial charge is 0.243 e. The lowest BCUT2D eigenvalue weighted by Crippen LogP contribution is -2.32. The van der Waals surface area contributed by atoms with Crippen molar-refractivity contribution in [3.63, 3.8) is 0 Å². The number of furan rings is 1. The predicted molar refractivity (Wildman–Crippen MR) is 117 cm³/mol. The molecule has 0 saturated carbocycles. The molecule has 11 heteroatoms. The number of nitrogens with one attached hydrogen (secondary N) is 1. The number of hydrogen-bond acceptors (Lipinski definition) is 8. The first-order valence-electron chi connectivity index (χ1n) is 8.87. The van der Waals surface area contributed by atoms with Gasteiger partial charge in [0.2, 0.25) is 11.8 Å². The Bertz CT molecular complexity index is 1040. The first-order valence-corrected chi connectivity index (χ1v) is 11.1. The topological polar surface area (TPSA) is 104 Å². The predicted octanol–water partition coefficient (Wildman–Crippen LogP) is 3.14. The molecule has 30 heavy (non-hydrogen) atoms. The average Bonchev–Trinajstić information content (AvgIpc) is 3.45. The normalized spacial score (nSPS) is 21.6. The molecule has 2 saturated heterocycles. The van der Waals surface area contributed by atoms with Crippen LogP contribution in [0.4, 0.5) is 0 Å². The van der Waals surface area contributed by atoms with Gasteiger partial charge in [0.05, 0.1) is 23.8 Å². The second-order valence-corrected chi connectivity index (χ2v) is 8.94. The Labute approximate surface area is 185 Å². The zero-order valence-corrected chi connectivity index (χ0v) is 17.8. The molecule has 1 N–H and O–H groups in total. The Morgan fingerprint density at radius 1 is 1.23 bits per heavy atom. The molecule has 0 unspecified atom stereocenters. The molecule has 0 aliphatic carbocycles. The van der Waals surface area contributed by atoms with Crippen molar-refractivity contribution in [2.24, 2.45) is 10.2 Å². The monoisotopic (exact) mass is 462 g/mol. The quantitative estimate of drug-likeness (QED) is 0.522. The number of benzene rings is 1. The minimum Gasteiger partial charge on any atom is -0.467 e. The third kappa shape index (κ3) is 4.77. The van der Waals surface area contributed by atoms with Crippen molar-refractivity contribution >= 4 is 63.1 Å². The van der Waals surface area contributed by atoms with Gasteiger partial charge in [-0.15, -0.1) is 10.2 Å². The van der Waals surface area contributed by atoms with Gasteiger partial charge >= 0.3 is 0 Å². The summed E-state index contributed by atoms with van der Waals surface area (Å²) in [6.07, 6.45) is 1.53. The van der Waals surface area contributed by atoms with Gasteiger partial charge in [-0.1, -0.05) is 35.1 Å². The zero-order valence-electron chi connectivity index (χ0n) is 15.4. The molecule has 2 aliphatic rings. The molecule has 8 nitrogen and oxygen atoms in total. The van der Waals surface area contributed by atoms with Crippen molar-refractivity contribution in [3.8, 4) is 0 Å². The number of amides is 2. The summed E-state index contributed by atoms with van der Waals surface area (Å²) in [7, 11) is 0. The van der Waals surface area contributed by atoms with Gasteiger partial charge in [0.1, 0.15) is 5.76 Å². The van der Waals surface area contributed by atoms with Crippen molar-refractivity contribution in [3.05, 3.63) is 59.0 Å². The molecule has 2 fully saturated rings. The van der Waals surface area contributed by atoms with Gasteiger partial charge in [-0.2, -0.15) is 0 Å². The van der Waals surface area contributed by atoms with E-state index < -0.39 is 5.25 Å². The average molecular weight is 463 g/mol. The summed E-state index contributed by atoms with van der Waals surface area (Å²) in [5.41, 5.74) is 0.487. The Hall–Kier alpha value is -2.56. The lowest BCUT2D eigenvalue weighted by atomic mass is 10.1. The first kappa shape index (κ1) is 20.7. The van der Waals surface area contributed by atoms with E-state index in [-0.39, 0.29) is 36.3 Å². The summed E-state index contributed by atoms with van der Waals surface area (Å²) >= 11 is 8.28. The van der Waals surface area contributed by atoms with Crippen molar-refractivity contribution in [2.45, 2.75) is 18.2 Å². The van der Waals surface area contributed by atoms with Crippen LogP contribution in [0.1, 0.15) is 22.5 Å². The summed E-state index contributed by atoms with van der Waals surface area (Å²) in [5.74, 6) is 0.303. The lowest BCUT2D eigenvalue weighted by molar-refractivity contribution is -0.126. The second kappa shape index (κ2) is 9.07. The molecule has 154 valence electrons. The van der Waals surface area contributed by atoms with E-state index in [4.69, 9.17) is 16.0 Å². The van der Waals surface area contributed by atoms with E-state index in [0.717, 1.165) is 0 Å². The van der Waals surface area contributed by atoms with Gasteiger partial charge in [-0.25, -0.2) is 0 Å². The van der Waals surface area contributed by atoms with Gasteiger partial charge in [-0.05, 0) is 36.4 Å². The van der Waals surface area contributed by atoms with E-state index in [1.54, 1.807) is 36.4 Å². The van der Waals surface area contributed by atoms with Crippen LogP contribution in [0, 0.1) is 0 Å². The number of halogens is 1. The Kier molecular flexibility index (Phi) is 6.26. The largest absolute Gasteiger partial charge is 0.467 e. The van der Waals surface area contributed by atoms with Crippen LogP contribution in [0.5, 0.6) is 0 Å². The number of Topliss-reactive ketones (excluding diaryl/α,β-unsaturated/α-hetero) is 1. The van der Waals surface area contributed by atoms with Gasteiger partial charge in [0, 0.05) is 17.0 Å². The summed E-state index contributed by atoms with van der Waals surface area (Å²) in [5, 5.41) is 11.4. The number of nitrogens with zero attached hydrogens (tertiary/aromatic N) is 3. The lowest BCUT2D eigenvalue weighted by Gasteiger charge is -2.14. The standard InChI is InChI=1S/C19H15ClN4O4S2/c20-12-5-3-11(4-6-12)14(25)8-15-17(27)24(9-13-2-1-7-28-13)19(30-15)23-22-18-21-16(26)10-29-18/h1-7,15H,8-10H2,(H,21,22,26)/b23-19-/t15-/m0/s1. The fraction of sp³-hybridized carbons (Fsp3) is 0.211. The number of amidine groups is 2. The van der Waals surface area contributed by atoms with Crippen molar-refractivity contribution in [1.82, 2.24) is 10.2 Å². The molecule has 1 aromatic heterocycles. The third-order valence-electron chi connectivity index (χ3n) is 4.26. The van der Waals surface area contributed by atoms with Crippen LogP contribution in [0.2, 0.25) is 5.02 Å². The number of hydrogen-bond donors (Lipinski definition) is 1. The van der Waals surface area contributed by atoms with Gasteiger partial charge < -0.3 is 9.73 Å². The molecular formula is C19H15ClN4O4S2. The van der Waals surface area contributed by atoms with Crippen LogP contribution < -0.4 is 5.32 Å². The summed E-state index contributed by atoms with van der Waals surface area (Å²) < 4.78 is 5.35. The highest BCUT2D eigenvalue weighted by Gasteiger charge is 2.40. The molecule has 1 aromatic carbocycles. The Morgan fingerprint density at radius 2 is 2.03 bits per heavy atom. The fourth-order valence-electron chi connectivity index (χ4n) is 2.81. The van der Waals surface area contributed by atoms with E-state index in [0.29, 0.717) is 26.7 Å². The highest BCUT2D eigenvalue weighted by Crippen LogP contribution is 2.32. The Balaban J connectivity index is 1.53. The summed E-state index contributed by atoms with van der Waals surface area (Å²) in [6, 6.07) is 10.0. The molecule has 2 aromatic rings. The molecular weight excluding hydrogens is 448 g/mol. The molecule has 2 aliphatic heterocycles. The number of rotatable bonds is 6. The zero-order chi connectivity index (χ0) is 21.1. The minimum absolute atomic E-state index is 0.0147. The number of carbonyl (C=O) groups is 3. The maximum absolute atomic E-state index is 13.0. The molecule has 1 atom stereocenters. The molecule has 3 heterocycles. The van der Waals surface area contributed by atoms with Crippen LogP contribution >= 0.6 is 35.1 Å². The highest BCUT2D eigenvalue weighted by atomic mass is 35.5. The van der Waals surface area contributed by atoms with E-state index >= 15 is 0 Å². The minimum atomic E-state index is -0.632. The van der Waals surface area contributed by atoms with E-state index in [1.807, 2.05) is 0 Å². The molecule has 0 bridgehead atoms. The van der Waals surface area contributed by atoms with Crippen molar-refractivity contribution < 1.29 is 18.8 Å². The third-order valence-corrected chi connectivity index (χ3v) is 6.55. The van der Waals surface area contributed by atoms with Gasteiger partial charge in [0.15, 0.2) is 16.1 Å². The second-order valence-electron chi connectivity index (χ2n) is 6.37. The SMILES string of the molecule is O=C1CSC(=N/N=C2\S[C@@H](CC(=O)c3ccc(Cl)cc3)C(=O)N2Cc2ccco2)N1. The summed E-state index contributed by atoms with van der Waals surface area (Å²) in [6.45, 7) is 0.174. The number of thioether (sulfide) groups is 2. The van der Waals surface area contributed by atoms with Crippen LogP contribution in [0.25, 0.3) is 0 Å². The molecule has 0 spiro atoms. The molecule has 2 amide bonds. The summed E-state index contributed by atoms with van der Waals surface area (Å²) in [4.78, 5) is 38.4. The van der Waals surface area contributed by atoms with Gasteiger partial charge in [0.25, 0.3) is 0 Å². The van der Waals surface area contributed by atoms with Crippen LogP contribution in [-0.2, 0) is 16.1 Å². The molecule has 0 radical (unpaired) electrons. The van der Waals surface area contributed by atoms with E-state index in [9.17, 15) is 14.4 Å². The van der Waals surface area contributed by atoms with E-state index in [1.165, 1.54) is 34.7 Å².